The first kappa shape index (κ1) is 21.2. The predicted molar refractivity (Wildman–Crippen MR) is 96.0 cm³/mol. The Morgan fingerprint density at radius 2 is 1.36 bits per heavy atom. The van der Waals surface area contributed by atoms with E-state index in [1.165, 1.54) is 64.2 Å². The van der Waals surface area contributed by atoms with Gasteiger partial charge in [0.1, 0.15) is 0 Å². The minimum Gasteiger partial charge on any atom is -0.462 e. The van der Waals surface area contributed by atoms with Crippen LogP contribution in [0.1, 0.15) is 98.3 Å². The zero-order valence-electron chi connectivity index (χ0n) is 15.5. The van der Waals surface area contributed by atoms with E-state index >= 15 is 0 Å². The molecule has 0 heterocycles. The topological polar surface area (TPSA) is 26.3 Å². The highest BCUT2D eigenvalue weighted by atomic mass is 16.5. The largest absolute Gasteiger partial charge is 0.462 e. The van der Waals surface area contributed by atoms with Crippen molar-refractivity contribution >= 4 is 5.97 Å². The SMILES string of the molecule is C=C(C)C(=O)OCC(C)(C)CCCCCCCCCCCC. The fourth-order valence-electron chi connectivity index (χ4n) is 2.55. The van der Waals surface area contributed by atoms with E-state index in [9.17, 15) is 4.79 Å². The monoisotopic (exact) mass is 310 g/mol. The van der Waals surface area contributed by atoms with Crippen LogP contribution in [-0.4, -0.2) is 12.6 Å². The van der Waals surface area contributed by atoms with Crippen LogP contribution in [0.2, 0.25) is 0 Å². The Kier molecular flexibility index (Phi) is 12.3. The molecule has 0 bridgehead atoms. The second-order valence-corrected chi connectivity index (χ2v) is 7.45. The third kappa shape index (κ3) is 12.9. The number of hydrogen-bond donors (Lipinski definition) is 0. The second kappa shape index (κ2) is 12.7. The smallest absolute Gasteiger partial charge is 0.333 e. The fourth-order valence-corrected chi connectivity index (χ4v) is 2.55. The van der Waals surface area contributed by atoms with Gasteiger partial charge in [-0.05, 0) is 18.8 Å². The average molecular weight is 311 g/mol. The van der Waals surface area contributed by atoms with Crippen LogP contribution in [0, 0.1) is 5.41 Å². The molecule has 0 unspecified atom stereocenters. The van der Waals surface area contributed by atoms with Gasteiger partial charge in [-0.3, -0.25) is 0 Å². The molecular formula is C20H38O2. The average Bonchev–Trinajstić information content (AvgIpc) is 2.46. The molecule has 0 saturated heterocycles. The van der Waals surface area contributed by atoms with Crippen molar-refractivity contribution in [2.75, 3.05) is 6.61 Å². The molecule has 0 N–H and O–H groups in total. The number of rotatable bonds is 14. The van der Waals surface area contributed by atoms with Gasteiger partial charge in [-0.1, -0.05) is 91.6 Å². The summed E-state index contributed by atoms with van der Waals surface area (Å²) in [4.78, 5) is 11.4. The minimum atomic E-state index is -0.267. The zero-order chi connectivity index (χ0) is 16.8. The van der Waals surface area contributed by atoms with Crippen molar-refractivity contribution in [3.05, 3.63) is 12.2 Å². The summed E-state index contributed by atoms with van der Waals surface area (Å²) in [7, 11) is 0. The first-order valence-electron chi connectivity index (χ1n) is 9.21. The molecule has 0 aromatic rings. The molecule has 0 rings (SSSR count). The summed E-state index contributed by atoms with van der Waals surface area (Å²) in [5.74, 6) is -0.267. The number of hydrogen-bond acceptors (Lipinski definition) is 2. The highest BCUT2D eigenvalue weighted by Gasteiger charge is 2.19. The van der Waals surface area contributed by atoms with Crippen LogP contribution in [0.25, 0.3) is 0 Å². The molecule has 0 aromatic carbocycles. The zero-order valence-corrected chi connectivity index (χ0v) is 15.5. The first-order valence-corrected chi connectivity index (χ1v) is 9.21. The third-order valence-corrected chi connectivity index (χ3v) is 4.15. The Hall–Kier alpha value is -0.790. The number of ether oxygens (including phenoxy) is 1. The van der Waals surface area contributed by atoms with Crippen LogP contribution >= 0.6 is 0 Å². The number of carbonyl (C=O) groups excluding carboxylic acids is 1. The summed E-state index contributed by atoms with van der Waals surface area (Å²) in [6, 6.07) is 0. The molecule has 0 aromatic heterocycles. The Balaban J connectivity index is 3.48. The van der Waals surface area contributed by atoms with Crippen molar-refractivity contribution in [1.82, 2.24) is 0 Å². The van der Waals surface area contributed by atoms with Gasteiger partial charge in [-0.25, -0.2) is 4.79 Å². The van der Waals surface area contributed by atoms with Crippen LogP contribution in [0.15, 0.2) is 12.2 Å². The van der Waals surface area contributed by atoms with Crippen LogP contribution in [-0.2, 0) is 9.53 Å². The molecule has 0 radical (unpaired) electrons. The van der Waals surface area contributed by atoms with Gasteiger partial charge in [0.25, 0.3) is 0 Å². The summed E-state index contributed by atoms with van der Waals surface area (Å²) >= 11 is 0. The van der Waals surface area contributed by atoms with E-state index < -0.39 is 0 Å². The van der Waals surface area contributed by atoms with Gasteiger partial charge in [-0.2, -0.15) is 0 Å². The van der Waals surface area contributed by atoms with Crippen molar-refractivity contribution < 1.29 is 9.53 Å². The molecule has 0 aliphatic heterocycles. The van der Waals surface area contributed by atoms with E-state index in [0.29, 0.717) is 12.2 Å². The summed E-state index contributed by atoms with van der Waals surface area (Å²) < 4.78 is 5.27. The van der Waals surface area contributed by atoms with Gasteiger partial charge in [0, 0.05) is 5.57 Å². The summed E-state index contributed by atoms with van der Waals surface area (Å²) in [6.45, 7) is 12.4. The van der Waals surface area contributed by atoms with Crippen LogP contribution in [0.5, 0.6) is 0 Å². The Morgan fingerprint density at radius 3 is 1.82 bits per heavy atom. The molecule has 2 nitrogen and oxygen atoms in total. The lowest BCUT2D eigenvalue weighted by atomic mass is 9.87. The summed E-state index contributed by atoms with van der Waals surface area (Å²) in [5.41, 5.74) is 0.556. The van der Waals surface area contributed by atoms with Gasteiger partial charge in [0.2, 0.25) is 0 Å². The normalized spacial score (nSPS) is 11.5. The van der Waals surface area contributed by atoms with Gasteiger partial charge in [-0.15, -0.1) is 0 Å². The highest BCUT2D eigenvalue weighted by molar-refractivity contribution is 5.86. The minimum absolute atomic E-state index is 0.0747. The third-order valence-electron chi connectivity index (χ3n) is 4.15. The Bertz CT molecular complexity index is 305. The molecule has 0 spiro atoms. The number of unbranched alkanes of at least 4 members (excludes halogenated alkanes) is 9. The van der Waals surface area contributed by atoms with E-state index in [2.05, 4.69) is 27.4 Å². The van der Waals surface area contributed by atoms with Gasteiger partial charge in [0.05, 0.1) is 6.61 Å². The van der Waals surface area contributed by atoms with Crippen molar-refractivity contribution in [3.63, 3.8) is 0 Å². The van der Waals surface area contributed by atoms with Crippen molar-refractivity contribution in [2.45, 2.75) is 98.3 Å². The molecule has 2 heteroatoms. The Labute approximate surface area is 138 Å². The van der Waals surface area contributed by atoms with Gasteiger partial charge in [0.15, 0.2) is 0 Å². The predicted octanol–water partition coefficient (Wildman–Crippen LogP) is 6.44. The molecule has 0 saturated carbocycles. The van der Waals surface area contributed by atoms with E-state index in [4.69, 9.17) is 4.74 Å². The van der Waals surface area contributed by atoms with E-state index in [1.807, 2.05) is 0 Å². The van der Waals surface area contributed by atoms with Gasteiger partial charge < -0.3 is 4.74 Å². The second-order valence-electron chi connectivity index (χ2n) is 7.45. The summed E-state index contributed by atoms with van der Waals surface area (Å²) in [5, 5.41) is 0. The molecule has 0 aliphatic carbocycles. The lowest BCUT2D eigenvalue weighted by Crippen LogP contribution is -2.22. The van der Waals surface area contributed by atoms with Crippen LogP contribution in [0.4, 0.5) is 0 Å². The maximum atomic E-state index is 11.4. The van der Waals surface area contributed by atoms with E-state index in [-0.39, 0.29) is 11.4 Å². The fraction of sp³-hybridized carbons (Fsp3) is 0.850. The van der Waals surface area contributed by atoms with E-state index in [0.717, 1.165) is 6.42 Å². The highest BCUT2D eigenvalue weighted by Crippen LogP contribution is 2.25. The quantitative estimate of drug-likeness (QED) is 0.209. The number of esters is 1. The van der Waals surface area contributed by atoms with Crippen LogP contribution < -0.4 is 0 Å². The summed E-state index contributed by atoms with van der Waals surface area (Å²) in [6.07, 6.45) is 14.7. The van der Waals surface area contributed by atoms with Crippen molar-refractivity contribution in [2.24, 2.45) is 5.41 Å². The lowest BCUT2D eigenvalue weighted by Gasteiger charge is -2.24. The van der Waals surface area contributed by atoms with Crippen molar-refractivity contribution in [1.29, 1.82) is 0 Å². The van der Waals surface area contributed by atoms with Crippen molar-refractivity contribution in [3.8, 4) is 0 Å². The molecule has 22 heavy (non-hydrogen) atoms. The molecule has 0 fully saturated rings. The van der Waals surface area contributed by atoms with Crippen LogP contribution in [0.3, 0.4) is 0 Å². The molecule has 0 amide bonds. The first-order chi connectivity index (χ1) is 10.4. The molecule has 0 atom stereocenters. The number of carbonyl (C=O) groups is 1. The van der Waals surface area contributed by atoms with Gasteiger partial charge >= 0.3 is 5.97 Å². The Morgan fingerprint density at radius 1 is 0.909 bits per heavy atom. The maximum Gasteiger partial charge on any atom is 0.333 e. The molecule has 0 aliphatic rings. The van der Waals surface area contributed by atoms with E-state index in [1.54, 1.807) is 6.92 Å². The standard InChI is InChI=1S/C20H38O2/c1-6-7-8-9-10-11-12-13-14-15-16-20(4,5)17-22-19(21)18(2)3/h2,6-17H2,1,3-5H3. The maximum absolute atomic E-state index is 11.4. The lowest BCUT2D eigenvalue weighted by molar-refractivity contribution is -0.142. The molecule has 130 valence electrons. The molecular weight excluding hydrogens is 272 g/mol.